The molecule has 0 spiro atoms. The second kappa shape index (κ2) is 6.47. The number of hydrogen-bond donors (Lipinski definition) is 0. The Kier molecular flexibility index (Phi) is 4.01. The molecule has 1 fully saturated rings. The first-order valence-electron chi connectivity index (χ1n) is 8.30. The molecule has 0 aliphatic carbocycles. The third-order valence-corrected chi connectivity index (χ3v) is 4.59. The molecule has 1 aliphatic heterocycles. The Balaban J connectivity index is 1.48. The maximum atomic E-state index is 12.6. The van der Waals surface area contributed by atoms with Gasteiger partial charge >= 0.3 is 0 Å². The highest BCUT2D eigenvalue weighted by atomic mass is 16.5. The highest BCUT2D eigenvalue weighted by Gasteiger charge is 2.37. The summed E-state index contributed by atoms with van der Waals surface area (Å²) in [4.78, 5) is 23.0. The van der Waals surface area contributed by atoms with Crippen LogP contribution in [0.5, 0.6) is 0 Å². The summed E-state index contributed by atoms with van der Waals surface area (Å²) in [6.07, 6.45) is 4.62. The molecule has 6 heteroatoms. The van der Waals surface area contributed by atoms with Gasteiger partial charge in [-0.25, -0.2) is 0 Å². The molecule has 1 aromatic carbocycles. The van der Waals surface area contributed by atoms with E-state index in [1.807, 2.05) is 48.2 Å². The second-order valence-corrected chi connectivity index (χ2v) is 6.19. The van der Waals surface area contributed by atoms with Gasteiger partial charge in [0.25, 0.3) is 0 Å². The predicted octanol–water partition coefficient (Wildman–Crippen LogP) is 2.96. The minimum atomic E-state index is -0.130. The Labute approximate surface area is 145 Å². The summed E-state index contributed by atoms with van der Waals surface area (Å²) in [5.74, 6) is 1.08. The van der Waals surface area contributed by atoms with Crippen molar-refractivity contribution in [3.8, 4) is 11.4 Å². The van der Waals surface area contributed by atoms with Crippen molar-refractivity contribution >= 4 is 5.91 Å². The van der Waals surface area contributed by atoms with E-state index in [4.69, 9.17) is 4.52 Å². The lowest BCUT2D eigenvalue weighted by atomic mass is 9.99. The normalized spacial score (nSPS) is 16.5. The lowest BCUT2D eigenvalue weighted by Crippen LogP contribution is -2.46. The summed E-state index contributed by atoms with van der Waals surface area (Å²) in [6, 6.07) is 11.5. The monoisotopic (exact) mass is 334 g/mol. The van der Waals surface area contributed by atoms with Crippen molar-refractivity contribution in [3.63, 3.8) is 0 Å². The van der Waals surface area contributed by atoms with Gasteiger partial charge in [0.15, 0.2) is 0 Å². The van der Waals surface area contributed by atoms with Crippen molar-refractivity contribution in [3.05, 3.63) is 65.8 Å². The van der Waals surface area contributed by atoms with E-state index >= 15 is 0 Å². The molecule has 1 unspecified atom stereocenters. The zero-order valence-corrected chi connectivity index (χ0v) is 13.9. The molecule has 1 saturated heterocycles. The van der Waals surface area contributed by atoms with Crippen LogP contribution in [0.15, 0.2) is 53.3 Å². The third kappa shape index (κ3) is 3.03. The smallest absolute Gasteiger partial charge is 0.249 e. The number of likely N-dealkylation sites (tertiary alicyclic amines) is 1. The minimum Gasteiger partial charge on any atom is -0.337 e. The van der Waals surface area contributed by atoms with Crippen LogP contribution in [0.4, 0.5) is 0 Å². The highest BCUT2D eigenvalue weighted by molar-refractivity contribution is 5.80. The molecule has 4 rings (SSSR count). The Bertz CT molecular complexity index is 891. The molecule has 0 bridgehead atoms. The SMILES string of the molecule is Cc1ccccc1CC(=O)N1CCC1c1nc(-c2cccnc2)no1. The number of rotatable bonds is 4. The quantitative estimate of drug-likeness (QED) is 0.733. The number of nitrogens with zero attached hydrogens (tertiary/aromatic N) is 4. The molecule has 1 amide bonds. The first kappa shape index (κ1) is 15.5. The van der Waals surface area contributed by atoms with E-state index in [9.17, 15) is 4.79 Å². The number of aryl methyl sites for hydroxylation is 1. The molecule has 3 heterocycles. The van der Waals surface area contributed by atoms with E-state index in [0.717, 1.165) is 29.7 Å². The van der Waals surface area contributed by atoms with Crippen molar-refractivity contribution in [1.82, 2.24) is 20.0 Å². The summed E-state index contributed by atoms with van der Waals surface area (Å²) >= 11 is 0. The predicted molar refractivity (Wildman–Crippen MR) is 91.5 cm³/mol. The summed E-state index contributed by atoms with van der Waals surface area (Å²) in [5.41, 5.74) is 2.99. The summed E-state index contributed by atoms with van der Waals surface area (Å²) < 4.78 is 5.39. The van der Waals surface area contributed by atoms with Gasteiger partial charge in [0.05, 0.1) is 6.42 Å². The zero-order valence-electron chi connectivity index (χ0n) is 13.9. The van der Waals surface area contributed by atoms with E-state index in [0.29, 0.717) is 18.1 Å². The van der Waals surface area contributed by atoms with Gasteiger partial charge < -0.3 is 9.42 Å². The molecule has 0 saturated carbocycles. The maximum Gasteiger partial charge on any atom is 0.249 e. The zero-order chi connectivity index (χ0) is 17.2. The fourth-order valence-corrected chi connectivity index (χ4v) is 3.00. The van der Waals surface area contributed by atoms with Crippen molar-refractivity contribution in [2.45, 2.75) is 25.8 Å². The van der Waals surface area contributed by atoms with Crippen molar-refractivity contribution in [1.29, 1.82) is 0 Å². The van der Waals surface area contributed by atoms with E-state index in [1.165, 1.54) is 0 Å². The fourth-order valence-electron chi connectivity index (χ4n) is 3.00. The number of carbonyl (C=O) groups is 1. The Morgan fingerprint density at radius 2 is 2.16 bits per heavy atom. The van der Waals surface area contributed by atoms with Crippen molar-refractivity contribution in [2.75, 3.05) is 6.54 Å². The molecule has 6 nitrogen and oxygen atoms in total. The van der Waals surface area contributed by atoms with Crippen LogP contribution in [0.2, 0.25) is 0 Å². The van der Waals surface area contributed by atoms with E-state index in [-0.39, 0.29) is 11.9 Å². The van der Waals surface area contributed by atoms with Crippen molar-refractivity contribution in [2.24, 2.45) is 0 Å². The standard InChI is InChI=1S/C19H18N4O2/c1-13-5-2-3-6-14(13)11-17(24)23-10-8-16(23)19-21-18(22-25-19)15-7-4-9-20-12-15/h2-7,9,12,16H,8,10-11H2,1H3. The van der Waals surface area contributed by atoms with Crippen LogP contribution in [0.1, 0.15) is 29.5 Å². The Hall–Kier alpha value is -3.02. The van der Waals surface area contributed by atoms with Crippen LogP contribution >= 0.6 is 0 Å². The summed E-state index contributed by atoms with van der Waals surface area (Å²) in [7, 11) is 0. The summed E-state index contributed by atoms with van der Waals surface area (Å²) in [5, 5.41) is 4.02. The molecule has 126 valence electrons. The maximum absolute atomic E-state index is 12.6. The van der Waals surface area contributed by atoms with Crippen LogP contribution in [0.25, 0.3) is 11.4 Å². The van der Waals surface area contributed by atoms with Crippen LogP contribution in [0, 0.1) is 6.92 Å². The Morgan fingerprint density at radius 1 is 1.28 bits per heavy atom. The third-order valence-electron chi connectivity index (χ3n) is 4.59. The van der Waals surface area contributed by atoms with E-state index in [1.54, 1.807) is 12.4 Å². The number of amides is 1. The molecule has 25 heavy (non-hydrogen) atoms. The number of pyridine rings is 1. The largest absolute Gasteiger partial charge is 0.337 e. The van der Waals surface area contributed by atoms with Crippen molar-refractivity contribution < 1.29 is 9.32 Å². The van der Waals surface area contributed by atoms with Crippen LogP contribution in [-0.2, 0) is 11.2 Å². The van der Waals surface area contributed by atoms with Gasteiger partial charge in [-0.1, -0.05) is 29.4 Å². The summed E-state index contributed by atoms with van der Waals surface area (Å²) in [6.45, 7) is 2.74. The molecule has 2 aromatic heterocycles. The minimum absolute atomic E-state index is 0.0895. The van der Waals surface area contributed by atoms with Crippen LogP contribution in [0.3, 0.4) is 0 Å². The lowest BCUT2D eigenvalue weighted by Gasteiger charge is -2.38. The molecule has 1 atom stereocenters. The molecule has 0 radical (unpaired) electrons. The fraction of sp³-hybridized carbons (Fsp3) is 0.263. The molecule has 0 N–H and O–H groups in total. The number of benzene rings is 1. The van der Waals surface area contributed by atoms with Gasteiger partial charge in [0.1, 0.15) is 6.04 Å². The first-order chi connectivity index (χ1) is 12.2. The Morgan fingerprint density at radius 3 is 2.88 bits per heavy atom. The second-order valence-electron chi connectivity index (χ2n) is 6.19. The number of aromatic nitrogens is 3. The first-order valence-corrected chi connectivity index (χ1v) is 8.30. The molecule has 3 aromatic rings. The molecule has 1 aliphatic rings. The van der Waals surface area contributed by atoms with Gasteiger partial charge in [0.2, 0.25) is 17.6 Å². The van der Waals surface area contributed by atoms with Gasteiger partial charge in [-0.2, -0.15) is 4.98 Å². The van der Waals surface area contributed by atoms with Crippen LogP contribution in [-0.4, -0.2) is 32.5 Å². The van der Waals surface area contributed by atoms with E-state index < -0.39 is 0 Å². The average molecular weight is 334 g/mol. The van der Waals surface area contributed by atoms with Gasteiger partial charge in [-0.3, -0.25) is 9.78 Å². The van der Waals surface area contributed by atoms with Gasteiger partial charge in [-0.05, 0) is 36.6 Å². The molecular weight excluding hydrogens is 316 g/mol. The van der Waals surface area contributed by atoms with E-state index in [2.05, 4.69) is 15.1 Å². The van der Waals surface area contributed by atoms with Crippen LogP contribution < -0.4 is 0 Å². The molecular formula is C19H18N4O2. The lowest BCUT2D eigenvalue weighted by molar-refractivity contribution is -0.139. The van der Waals surface area contributed by atoms with Gasteiger partial charge in [0, 0.05) is 24.5 Å². The topological polar surface area (TPSA) is 72.1 Å². The average Bonchev–Trinajstić information content (AvgIpc) is 3.06. The van der Waals surface area contributed by atoms with Gasteiger partial charge in [-0.15, -0.1) is 0 Å². The highest BCUT2D eigenvalue weighted by Crippen LogP contribution is 2.33. The number of carbonyl (C=O) groups excluding carboxylic acids is 1. The number of hydrogen-bond acceptors (Lipinski definition) is 5.